The van der Waals surface area contributed by atoms with Gasteiger partial charge in [0, 0.05) is 24.2 Å². The Balaban J connectivity index is 0.000000181. The maximum atomic E-state index is 12.6. The normalized spacial score (nSPS) is 24.7. The SMILES string of the molecule is O=S(=O)(OCC(Cl)(Cl)Cl)N1C[C@@H](c2ccccc2)CC12CCC2.O=S(=O)(OCC(Cl)(Cl)Cl)N1C[C@H](c2ccccc2)CC12CCC2. The van der Waals surface area contributed by atoms with Crippen molar-refractivity contribution in [3.8, 4) is 0 Å². The Morgan fingerprint density at radius 1 is 0.609 bits per heavy atom. The van der Waals surface area contributed by atoms with Gasteiger partial charge in [-0.2, -0.15) is 25.4 Å². The van der Waals surface area contributed by atoms with E-state index in [0.29, 0.717) is 13.1 Å². The molecule has 0 bridgehead atoms. The van der Waals surface area contributed by atoms with Gasteiger partial charge in [0.2, 0.25) is 7.59 Å². The Hall–Kier alpha value is -0.0800. The highest BCUT2D eigenvalue weighted by atomic mass is 35.6. The van der Waals surface area contributed by atoms with Gasteiger partial charge in [0.15, 0.2) is 0 Å². The van der Waals surface area contributed by atoms with Crippen molar-refractivity contribution in [3.63, 3.8) is 0 Å². The second-order valence-electron chi connectivity index (χ2n) is 12.5. The largest absolute Gasteiger partial charge is 0.339 e. The van der Waals surface area contributed by atoms with Crippen LogP contribution in [0.2, 0.25) is 0 Å². The van der Waals surface area contributed by atoms with E-state index in [2.05, 4.69) is 0 Å². The number of hydrogen-bond acceptors (Lipinski definition) is 6. The molecule has 46 heavy (non-hydrogen) atoms. The summed E-state index contributed by atoms with van der Waals surface area (Å²) < 4.78 is 59.8. The van der Waals surface area contributed by atoms with E-state index in [0.717, 1.165) is 62.5 Å². The van der Waals surface area contributed by atoms with Crippen LogP contribution >= 0.6 is 69.6 Å². The van der Waals surface area contributed by atoms with Gasteiger partial charge in [-0.25, -0.2) is 0 Å². The lowest BCUT2D eigenvalue weighted by atomic mass is 9.73. The van der Waals surface area contributed by atoms with E-state index in [4.69, 9.17) is 78.0 Å². The van der Waals surface area contributed by atoms with E-state index in [-0.39, 0.29) is 22.9 Å². The third-order valence-electron chi connectivity index (χ3n) is 9.48. The van der Waals surface area contributed by atoms with Gasteiger partial charge >= 0.3 is 20.6 Å². The summed E-state index contributed by atoms with van der Waals surface area (Å²) in [7, 11) is -7.85. The van der Waals surface area contributed by atoms with Crippen LogP contribution in [0.4, 0.5) is 0 Å². The Kier molecular flexibility index (Phi) is 11.5. The fourth-order valence-electron chi connectivity index (χ4n) is 7.08. The molecule has 2 heterocycles. The standard InChI is InChI=1S/2C15H18Cl3NO3S/c2*16-15(17,18)11-22-23(20,21)19-10-13(9-14(19)7-4-8-14)12-5-2-1-3-6-12/h2*1-3,5-6,13H,4,7-11H2/t2*13-/m10/s1. The van der Waals surface area contributed by atoms with Crippen LogP contribution in [0.15, 0.2) is 60.7 Å². The summed E-state index contributed by atoms with van der Waals surface area (Å²) in [5, 5.41) is 0. The third kappa shape index (κ3) is 8.79. The molecule has 0 unspecified atom stereocenters. The molecule has 0 amide bonds. The van der Waals surface area contributed by atoms with Gasteiger partial charge in [-0.3, -0.25) is 8.37 Å². The molecule has 2 aromatic rings. The number of rotatable bonds is 8. The van der Waals surface area contributed by atoms with E-state index in [1.54, 1.807) is 0 Å². The highest BCUT2D eigenvalue weighted by Crippen LogP contribution is 2.53. The van der Waals surface area contributed by atoms with E-state index < -0.39 is 41.4 Å². The molecule has 2 spiro atoms. The van der Waals surface area contributed by atoms with Crippen LogP contribution in [0.1, 0.15) is 74.3 Å². The zero-order valence-corrected chi connectivity index (χ0v) is 31.0. The number of alkyl halides is 6. The molecule has 0 aromatic heterocycles. The van der Waals surface area contributed by atoms with Crippen LogP contribution < -0.4 is 0 Å². The minimum absolute atomic E-state index is 0.169. The van der Waals surface area contributed by atoms with Crippen molar-refractivity contribution >= 4 is 90.2 Å². The van der Waals surface area contributed by atoms with Crippen molar-refractivity contribution in [1.29, 1.82) is 0 Å². The van der Waals surface area contributed by atoms with Gasteiger partial charge in [0.05, 0.1) is 0 Å². The van der Waals surface area contributed by atoms with E-state index >= 15 is 0 Å². The second-order valence-corrected chi connectivity index (χ2v) is 20.6. The topological polar surface area (TPSA) is 93.2 Å². The molecule has 4 aliphatic rings. The Labute approximate surface area is 302 Å². The molecule has 16 heteroatoms. The Morgan fingerprint density at radius 3 is 1.20 bits per heavy atom. The second kappa shape index (κ2) is 14.3. The predicted molar refractivity (Wildman–Crippen MR) is 184 cm³/mol. The maximum Gasteiger partial charge on any atom is 0.339 e. The molecular formula is C30H36Cl6N2O6S2. The highest BCUT2D eigenvalue weighted by Gasteiger charge is 2.56. The first-order valence-corrected chi connectivity index (χ1v) is 20.0. The van der Waals surface area contributed by atoms with Gasteiger partial charge in [-0.15, -0.1) is 0 Å². The summed E-state index contributed by atoms with van der Waals surface area (Å²) in [6, 6.07) is 19.9. The minimum atomic E-state index is -3.92. The number of nitrogens with zero attached hydrogens (tertiary/aromatic N) is 2. The van der Waals surface area contributed by atoms with Crippen molar-refractivity contribution in [2.24, 2.45) is 0 Å². The fraction of sp³-hybridized carbons (Fsp3) is 0.600. The molecule has 2 aliphatic carbocycles. The molecular weight excluding hydrogens is 761 g/mol. The van der Waals surface area contributed by atoms with Gasteiger partial charge in [-0.1, -0.05) is 130 Å². The first kappa shape index (κ1) is 37.2. The predicted octanol–water partition coefficient (Wildman–Crippen LogP) is 8.06. The molecule has 0 radical (unpaired) electrons. The zero-order valence-electron chi connectivity index (χ0n) is 24.8. The summed E-state index contributed by atoms with van der Waals surface area (Å²) in [6.45, 7) is -0.149. The van der Waals surface area contributed by atoms with Gasteiger partial charge in [0.25, 0.3) is 0 Å². The molecule has 2 saturated carbocycles. The van der Waals surface area contributed by atoms with Crippen molar-refractivity contribution in [2.75, 3.05) is 26.3 Å². The lowest BCUT2D eigenvalue weighted by Crippen LogP contribution is -2.52. The van der Waals surface area contributed by atoms with Crippen molar-refractivity contribution in [2.45, 2.75) is 81.9 Å². The van der Waals surface area contributed by atoms with Gasteiger partial charge < -0.3 is 0 Å². The molecule has 6 rings (SSSR count). The van der Waals surface area contributed by atoms with Crippen LogP contribution in [-0.2, 0) is 29.0 Å². The van der Waals surface area contributed by atoms with Crippen LogP contribution in [0.5, 0.6) is 0 Å². The van der Waals surface area contributed by atoms with Gasteiger partial charge in [-0.05, 0) is 74.3 Å². The molecule has 2 aromatic carbocycles. The van der Waals surface area contributed by atoms with Crippen LogP contribution in [0, 0.1) is 0 Å². The van der Waals surface area contributed by atoms with Crippen molar-refractivity contribution in [1.82, 2.24) is 8.61 Å². The average molecular weight is 797 g/mol. The maximum absolute atomic E-state index is 12.6. The van der Waals surface area contributed by atoms with Crippen molar-refractivity contribution in [3.05, 3.63) is 71.8 Å². The van der Waals surface area contributed by atoms with Crippen LogP contribution in [0.25, 0.3) is 0 Å². The minimum Gasteiger partial charge on any atom is -0.253 e. The summed E-state index contributed by atoms with van der Waals surface area (Å²) >= 11 is 33.7. The Bertz CT molecular complexity index is 1430. The van der Waals surface area contributed by atoms with Crippen LogP contribution in [-0.4, -0.2) is 70.4 Å². The van der Waals surface area contributed by atoms with E-state index in [9.17, 15) is 16.8 Å². The van der Waals surface area contributed by atoms with Crippen molar-refractivity contribution < 1.29 is 25.2 Å². The number of halogens is 6. The lowest BCUT2D eigenvalue weighted by molar-refractivity contribution is 0.110. The Morgan fingerprint density at radius 2 is 0.935 bits per heavy atom. The molecule has 8 nitrogen and oxygen atoms in total. The smallest absolute Gasteiger partial charge is 0.253 e. The monoisotopic (exact) mass is 794 g/mol. The summed E-state index contributed by atoms with van der Waals surface area (Å²) in [5.74, 6) is 0.338. The summed E-state index contributed by atoms with van der Waals surface area (Å²) in [4.78, 5) is 0. The van der Waals surface area contributed by atoms with Gasteiger partial charge in [0.1, 0.15) is 13.2 Å². The first-order valence-electron chi connectivity index (χ1n) is 15.0. The lowest BCUT2D eigenvalue weighted by Gasteiger charge is -2.44. The third-order valence-corrected chi connectivity index (χ3v) is 13.1. The number of hydrogen-bond donors (Lipinski definition) is 0. The summed E-state index contributed by atoms with van der Waals surface area (Å²) in [5.41, 5.74) is 1.62. The molecule has 0 N–H and O–H groups in total. The first-order chi connectivity index (χ1) is 21.4. The highest BCUT2D eigenvalue weighted by molar-refractivity contribution is 7.84. The van der Waals surface area contributed by atoms with E-state index in [1.165, 1.54) is 8.61 Å². The molecule has 256 valence electrons. The molecule has 2 aliphatic heterocycles. The average Bonchev–Trinajstić information content (AvgIpc) is 3.58. The molecule has 2 saturated heterocycles. The molecule has 2 atom stereocenters. The number of benzene rings is 2. The van der Waals surface area contributed by atoms with E-state index in [1.807, 2.05) is 60.7 Å². The zero-order chi connectivity index (χ0) is 33.4. The van der Waals surface area contributed by atoms with Crippen LogP contribution in [0.3, 0.4) is 0 Å². The fourth-order valence-corrected chi connectivity index (χ4v) is 10.9. The summed E-state index contributed by atoms with van der Waals surface area (Å²) in [6.07, 6.45) is 7.09. The molecule has 4 fully saturated rings. The quantitative estimate of drug-likeness (QED) is 0.251.